The Bertz CT molecular complexity index is 297. The number of likely N-dealkylation sites (tertiary alicyclic amines) is 1. The molecule has 6 heteroatoms. The molecule has 1 fully saturated rings. The van der Waals surface area contributed by atoms with Gasteiger partial charge in [-0.15, -0.1) is 12.4 Å². The van der Waals surface area contributed by atoms with E-state index < -0.39 is 6.04 Å². The first-order valence-electron chi connectivity index (χ1n) is 6.26. The highest BCUT2D eigenvalue weighted by Crippen LogP contribution is 2.15. The molecule has 0 aromatic rings. The second-order valence-electron chi connectivity index (χ2n) is 5.07. The molecule has 106 valence electrons. The standard InChI is InChI=1S/C12H23N3O2.ClH/c1-8(2)11(13)12(17)14-7-10(16)15-6-4-5-9(15)3;/h8-9,11H,4-7,13H2,1-3H3,(H,14,17);1H/t9?,11-;/m0./s1. The van der Waals surface area contributed by atoms with Crippen molar-refractivity contribution in [2.45, 2.75) is 45.7 Å². The maximum absolute atomic E-state index is 11.8. The summed E-state index contributed by atoms with van der Waals surface area (Å²) in [5.41, 5.74) is 5.69. The fraction of sp³-hybridized carbons (Fsp3) is 0.833. The zero-order chi connectivity index (χ0) is 13.0. The van der Waals surface area contributed by atoms with Crippen LogP contribution in [-0.4, -0.2) is 41.9 Å². The van der Waals surface area contributed by atoms with E-state index in [2.05, 4.69) is 5.32 Å². The number of hydrogen-bond acceptors (Lipinski definition) is 3. The molecule has 1 unspecified atom stereocenters. The van der Waals surface area contributed by atoms with Gasteiger partial charge in [0.2, 0.25) is 11.8 Å². The highest BCUT2D eigenvalue weighted by molar-refractivity contribution is 5.87. The predicted molar refractivity (Wildman–Crippen MR) is 73.5 cm³/mol. The molecule has 18 heavy (non-hydrogen) atoms. The molecule has 1 aliphatic heterocycles. The van der Waals surface area contributed by atoms with Crippen molar-refractivity contribution in [3.05, 3.63) is 0 Å². The van der Waals surface area contributed by atoms with Gasteiger partial charge in [0, 0.05) is 12.6 Å². The van der Waals surface area contributed by atoms with Crippen molar-refractivity contribution in [1.29, 1.82) is 0 Å². The highest BCUT2D eigenvalue weighted by atomic mass is 35.5. The lowest BCUT2D eigenvalue weighted by molar-refractivity contribution is -0.133. The molecule has 0 spiro atoms. The largest absolute Gasteiger partial charge is 0.346 e. The number of halogens is 1. The van der Waals surface area contributed by atoms with E-state index in [1.54, 1.807) is 0 Å². The Hall–Kier alpha value is -0.810. The average molecular weight is 278 g/mol. The van der Waals surface area contributed by atoms with Gasteiger partial charge >= 0.3 is 0 Å². The summed E-state index contributed by atoms with van der Waals surface area (Å²) in [5, 5.41) is 2.61. The first-order valence-corrected chi connectivity index (χ1v) is 6.26. The van der Waals surface area contributed by atoms with Crippen molar-refractivity contribution in [2.24, 2.45) is 11.7 Å². The van der Waals surface area contributed by atoms with Gasteiger partial charge in [-0.3, -0.25) is 9.59 Å². The van der Waals surface area contributed by atoms with Crippen molar-refractivity contribution >= 4 is 24.2 Å². The zero-order valence-electron chi connectivity index (χ0n) is 11.3. The number of carbonyl (C=O) groups excluding carboxylic acids is 2. The third-order valence-corrected chi connectivity index (χ3v) is 3.31. The fourth-order valence-electron chi connectivity index (χ4n) is 1.99. The lowest BCUT2D eigenvalue weighted by atomic mass is 10.1. The topological polar surface area (TPSA) is 75.4 Å². The molecule has 0 saturated carbocycles. The molecule has 1 rings (SSSR count). The molecule has 1 aliphatic rings. The summed E-state index contributed by atoms with van der Waals surface area (Å²) < 4.78 is 0. The Morgan fingerprint density at radius 1 is 1.44 bits per heavy atom. The summed E-state index contributed by atoms with van der Waals surface area (Å²) in [6.07, 6.45) is 2.09. The number of hydrogen-bond donors (Lipinski definition) is 2. The Labute approximate surface area is 115 Å². The summed E-state index contributed by atoms with van der Waals surface area (Å²) in [4.78, 5) is 25.2. The zero-order valence-corrected chi connectivity index (χ0v) is 12.1. The number of nitrogens with one attached hydrogen (secondary N) is 1. The maximum atomic E-state index is 11.8. The van der Waals surface area contributed by atoms with Crippen LogP contribution >= 0.6 is 12.4 Å². The van der Waals surface area contributed by atoms with Gasteiger partial charge in [-0.2, -0.15) is 0 Å². The van der Waals surface area contributed by atoms with Crippen LogP contribution in [0.5, 0.6) is 0 Å². The molecular weight excluding hydrogens is 254 g/mol. The van der Waals surface area contributed by atoms with Crippen LogP contribution in [0.4, 0.5) is 0 Å². The van der Waals surface area contributed by atoms with E-state index in [-0.39, 0.29) is 42.7 Å². The van der Waals surface area contributed by atoms with Crippen LogP contribution in [-0.2, 0) is 9.59 Å². The fourth-order valence-corrected chi connectivity index (χ4v) is 1.99. The average Bonchev–Trinajstić information content (AvgIpc) is 2.70. The van der Waals surface area contributed by atoms with Gasteiger partial charge in [-0.1, -0.05) is 13.8 Å². The van der Waals surface area contributed by atoms with Crippen molar-refractivity contribution in [1.82, 2.24) is 10.2 Å². The molecule has 0 aliphatic carbocycles. The second kappa shape index (κ2) is 7.59. The normalized spacial score (nSPS) is 20.5. The number of amides is 2. The third kappa shape index (κ3) is 4.46. The summed E-state index contributed by atoms with van der Waals surface area (Å²) in [5.74, 6) is -0.185. The molecule has 1 heterocycles. The van der Waals surface area contributed by atoms with Crippen molar-refractivity contribution < 1.29 is 9.59 Å². The predicted octanol–water partition coefficient (Wildman–Crippen LogP) is 0.519. The molecule has 0 aromatic heterocycles. The SMILES string of the molecule is CC(C)[C@H](N)C(=O)NCC(=O)N1CCCC1C.Cl. The molecule has 3 N–H and O–H groups in total. The van der Waals surface area contributed by atoms with Gasteiger partial charge in [0.1, 0.15) is 0 Å². The number of rotatable bonds is 4. The van der Waals surface area contributed by atoms with E-state index >= 15 is 0 Å². The van der Waals surface area contributed by atoms with Gasteiger partial charge in [-0.25, -0.2) is 0 Å². The Morgan fingerprint density at radius 3 is 2.50 bits per heavy atom. The number of carbonyl (C=O) groups is 2. The summed E-state index contributed by atoms with van der Waals surface area (Å²) >= 11 is 0. The summed E-state index contributed by atoms with van der Waals surface area (Å²) in [6, 6.07) is -0.253. The monoisotopic (exact) mass is 277 g/mol. The van der Waals surface area contributed by atoms with E-state index in [1.165, 1.54) is 0 Å². The van der Waals surface area contributed by atoms with Crippen LogP contribution in [0.2, 0.25) is 0 Å². The highest BCUT2D eigenvalue weighted by Gasteiger charge is 2.25. The Morgan fingerprint density at radius 2 is 2.06 bits per heavy atom. The molecule has 1 saturated heterocycles. The summed E-state index contributed by atoms with van der Waals surface area (Å²) in [7, 11) is 0. The quantitative estimate of drug-likeness (QED) is 0.787. The van der Waals surface area contributed by atoms with Gasteiger partial charge in [0.05, 0.1) is 12.6 Å². The smallest absolute Gasteiger partial charge is 0.242 e. The summed E-state index contributed by atoms with van der Waals surface area (Å²) in [6.45, 7) is 6.66. The van der Waals surface area contributed by atoms with Gasteiger partial charge < -0.3 is 16.0 Å². The van der Waals surface area contributed by atoms with E-state index in [9.17, 15) is 9.59 Å². The molecule has 2 atom stereocenters. The van der Waals surface area contributed by atoms with E-state index in [0.717, 1.165) is 19.4 Å². The lowest BCUT2D eigenvalue weighted by Crippen LogP contribution is -2.48. The molecule has 0 radical (unpaired) electrons. The lowest BCUT2D eigenvalue weighted by Gasteiger charge is -2.22. The minimum atomic E-state index is -0.543. The minimum Gasteiger partial charge on any atom is -0.346 e. The third-order valence-electron chi connectivity index (χ3n) is 3.31. The minimum absolute atomic E-state index is 0. The maximum Gasteiger partial charge on any atom is 0.242 e. The number of nitrogens with zero attached hydrogens (tertiary/aromatic N) is 1. The molecular formula is C12H24ClN3O2. The molecule has 5 nitrogen and oxygen atoms in total. The van der Waals surface area contributed by atoms with Crippen LogP contribution in [0.1, 0.15) is 33.6 Å². The van der Waals surface area contributed by atoms with Crippen LogP contribution in [0.3, 0.4) is 0 Å². The Balaban J connectivity index is 0.00000289. The van der Waals surface area contributed by atoms with Crippen LogP contribution in [0.25, 0.3) is 0 Å². The molecule has 0 bridgehead atoms. The van der Waals surface area contributed by atoms with E-state index in [4.69, 9.17) is 5.73 Å². The van der Waals surface area contributed by atoms with Crippen LogP contribution < -0.4 is 11.1 Å². The van der Waals surface area contributed by atoms with Gasteiger partial charge in [0.15, 0.2) is 0 Å². The first-order chi connectivity index (χ1) is 7.93. The first kappa shape index (κ1) is 17.2. The van der Waals surface area contributed by atoms with Crippen molar-refractivity contribution in [3.8, 4) is 0 Å². The van der Waals surface area contributed by atoms with Gasteiger partial charge in [-0.05, 0) is 25.7 Å². The second-order valence-corrected chi connectivity index (χ2v) is 5.07. The van der Waals surface area contributed by atoms with Crippen molar-refractivity contribution in [3.63, 3.8) is 0 Å². The van der Waals surface area contributed by atoms with E-state index in [0.29, 0.717) is 0 Å². The van der Waals surface area contributed by atoms with Crippen molar-refractivity contribution in [2.75, 3.05) is 13.1 Å². The van der Waals surface area contributed by atoms with Crippen LogP contribution in [0, 0.1) is 5.92 Å². The van der Waals surface area contributed by atoms with Gasteiger partial charge in [0.25, 0.3) is 0 Å². The van der Waals surface area contributed by atoms with Crippen LogP contribution in [0.15, 0.2) is 0 Å². The molecule has 2 amide bonds. The molecule has 0 aromatic carbocycles. The number of nitrogens with two attached hydrogens (primary N) is 1. The van der Waals surface area contributed by atoms with E-state index in [1.807, 2.05) is 25.7 Å². The Kier molecular flexibility index (Phi) is 7.25.